The highest BCUT2D eigenvalue weighted by atomic mass is 35.5. The third kappa shape index (κ3) is 4.75. The van der Waals surface area contributed by atoms with Gasteiger partial charge in [0, 0.05) is 0 Å². The fourth-order valence-corrected chi connectivity index (χ4v) is 1.66. The van der Waals surface area contributed by atoms with Crippen LogP contribution in [0.2, 0.25) is 0 Å². The second-order valence-electron chi connectivity index (χ2n) is 4.57. The Morgan fingerprint density at radius 2 is 2.00 bits per heavy atom. The summed E-state index contributed by atoms with van der Waals surface area (Å²) in [6.45, 7) is 6.41. The maximum Gasteiger partial charge on any atom is 0.234 e. The van der Waals surface area contributed by atoms with E-state index < -0.39 is 0 Å². The maximum absolute atomic E-state index is 11.5. The first-order chi connectivity index (χ1) is 7.45. The molecule has 0 radical (unpaired) electrons. The predicted molar refractivity (Wildman–Crippen MR) is 73.5 cm³/mol. The molecule has 0 saturated heterocycles. The number of hydrogen-bond donors (Lipinski definition) is 2. The number of halogens is 1. The van der Waals surface area contributed by atoms with Gasteiger partial charge >= 0.3 is 0 Å². The lowest BCUT2D eigenvalue weighted by Gasteiger charge is -2.27. The van der Waals surface area contributed by atoms with Gasteiger partial charge in [-0.2, -0.15) is 0 Å². The Bertz CT molecular complexity index is 377. The number of amides is 1. The Hall–Kier alpha value is -1.06. The van der Waals surface area contributed by atoms with Crippen LogP contribution < -0.4 is 10.6 Å². The van der Waals surface area contributed by atoms with Crippen LogP contribution in [-0.2, 0) is 10.3 Å². The molecule has 2 N–H and O–H groups in total. The molecule has 0 saturated carbocycles. The third-order valence-corrected chi connectivity index (χ3v) is 2.53. The van der Waals surface area contributed by atoms with Crippen molar-refractivity contribution < 1.29 is 4.79 Å². The summed E-state index contributed by atoms with van der Waals surface area (Å²) in [6.07, 6.45) is 0. The first-order valence-corrected chi connectivity index (χ1v) is 5.48. The van der Waals surface area contributed by atoms with Crippen molar-refractivity contribution in [1.29, 1.82) is 0 Å². The lowest BCUT2D eigenvalue weighted by molar-refractivity contribution is -0.121. The van der Waals surface area contributed by atoms with Gasteiger partial charge in [0.05, 0.1) is 12.1 Å². The van der Waals surface area contributed by atoms with Crippen molar-refractivity contribution in [3.05, 3.63) is 35.4 Å². The summed E-state index contributed by atoms with van der Waals surface area (Å²) < 4.78 is 0. The predicted octanol–water partition coefficient (Wildman–Crippen LogP) is 1.99. The van der Waals surface area contributed by atoms with E-state index in [-0.39, 0.29) is 23.9 Å². The van der Waals surface area contributed by atoms with Crippen molar-refractivity contribution in [2.24, 2.45) is 0 Å². The van der Waals surface area contributed by atoms with Gasteiger partial charge in [-0.05, 0) is 33.4 Å². The van der Waals surface area contributed by atoms with Crippen LogP contribution in [0.4, 0.5) is 0 Å². The Morgan fingerprint density at radius 1 is 1.35 bits per heavy atom. The molecule has 1 rings (SSSR count). The maximum atomic E-state index is 11.5. The van der Waals surface area contributed by atoms with Gasteiger partial charge in [-0.15, -0.1) is 12.4 Å². The summed E-state index contributed by atoms with van der Waals surface area (Å²) in [5.74, 6) is 0.00834. The van der Waals surface area contributed by atoms with Crippen LogP contribution in [0.5, 0.6) is 0 Å². The van der Waals surface area contributed by atoms with Gasteiger partial charge in [-0.3, -0.25) is 4.79 Å². The Labute approximate surface area is 109 Å². The van der Waals surface area contributed by atoms with Crippen molar-refractivity contribution >= 4 is 18.3 Å². The zero-order valence-electron chi connectivity index (χ0n) is 10.8. The van der Waals surface area contributed by atoms with Crippen LogP contribution in [0.1, 0.15) is 25.0 Å². The Morgan fingerprint density at radius 3 is 2.53 bits per heavy atom. The molecule has 0 aliphatic carbocycles. The lowest BCUT2D eigenvalue weighted by atomic mass is 9.93. The summed E-state index contributed by atoms with van der Waals surface area (Å²) in [4.78, 5) is 11.5. The quantitative estimate of drug-likeness (QED) is 0.865. The minimum absolute atomic E-state index is 0. The number of carbonyl (C=O) groups excluding carboxylic acids is 1. The zero-order chi connectivity index (χ0) is 12.2. The second-order valence-corrected chi connectivity index (χ2v) is 4.57. The minimum atomic E-state index is -0.333. The number of hydrogen-bond acceptors (Lipinski definition) is 2. The topological polar surface area (TPSA) is 41.1 Å². The van der Waals surface area contributed by atoms with E-state index in [2.05, 4.69) is 29.7 Å². The van der Waals surface area contributed by atoms with Crippen LogP contribution >= 0.6 is 12.4 Å². The molecule has 0 heterocycles. The highest BCUT2D eigenvalue weighted by Crippen LogP contribution is 2.20. The molecule has 17 heavy (non-hydrogen) atoms. The van der Waals surface area contributed by atoms with Gasteiger partial charge in [-0.1, -0.05) is 29.8 Å². The number of likely N-dealkylation sites (N-methyl/N-ethyl adjacent to an activating group) is 1. The Balaban J connectivity index is 0.00000256. The molecule has 0 aliphatic heterocycles. The van der Waals surface area contributed by atoms with Crippen LogP contribution in [0, 0.1) is 6.92 Å². The summed E-state index contributed by atoms with van der Waals surface area (Å²) in [5, 5.41) is 5.84. The van der Waals surface area contributed by atoms with E-state index in [0.717, 1.165) is 5.56 Å². The monoisotopic (exact) mass is 256 g/mol. The number of benzene rings is 1. The first-order valence-electron chi connectivity index (χ1n) is 5.48. The van der Waals surface area contributed by atoms with Crippen molar-refractivity contribution in [2.45, 2.75) is 26.3 Å². The van der Waals surface area contributed by atoms with Gasteiger partial charge in [0.15, 0.2) is 0 Å². The van der Waals surface area contributed by atoms with Crippen molar-refractivity contribution in [2.75, 3.05) is 13.6 Å². The van der Waals surface area contributed by atoms with Crippen LogP contribution in [0.15, 0.2) is 24.3 Å². The van der Waals surface area contributed by atoms with E-state index in [0.29, 0.717) is 6.54 Å². The second kappa shape index (κ2) is 6.62. The summed E-state index contributed by atoms with van der Waals surface area (Å²) in [7, 11) is 1.76. The molecule has 0 spiro atoms. The van der Waals surface area contributed by atoms with Gasteiger partial charge in [0.2, 0.25) is 5.91 Å². The van der Waals surface area contributed by atoms with Gasteiger partial charge in [0.1, 0.15) is 0 Å². The van der Waals surface area contributed by atoms with E-state index >= 15 is 0 Å². The van der Waals surface area contributed by atoms with E-state index in [1.54, 1.807) is 7.05 Å². The van der Waals surface area contributed by atoms with E-state index in [9.17, 15) is 4.79 Å². The number of rotatable bonds is 4. The van der Waals surface area contributed by atoms with E-state index in [4.69, 9.17) is 0 Å². The zero-order valence-corrected chi connectivity index (χ0v) is 11.6. The van der Waals surface area contributed by atoms with Crippen molar-refractivity contribution in [3.8, 4) is 0 Å². The largest absolute Gasteiger partial charge is 0.346 e. The lowest BCUT2D eigenvalue weighted by Crippen LogP contribution is -2.44. The van der Waals surface area contributed by atoms with Gasteiger partial charge in [0.25, 0.3) is 0 Å². The number of nitrogens with one attached hydrogen (secondary N) is 2. The molecule has 1 aromatic carbocycles. The highest BCUT2D eigenvalue weighted by Gasteiger charge is 2.22. The average Bonchev–Trinajstić information content (AvgIpc) is 2.17. The molecular formula is C13H21ClN2O. The molecule has 96 valence electrons. The summed E-state index contributed by atoms with van der Waals surface area (Å²) >= 11 is 0. The van der Waals surface area contributed by atoms with Gasteiger partial charge < -0.3 is 10.6 Å². The van der Waals surface area contributed by atoms with Crippen molar-refractivity contribution in [1.82, 2.24) is 10.6 Å². The minimum Gasteiger partial charge on any atom is -0.346 e. The molecule has 0 bridgehead atoms. The standard InChI is InChI=1S/C13H20N2O.ClH/c1-10-6-5-7-11(8-10)13(2,3)15-12(16)9-14-4;/h5-8,14H,9H2,1-4H3,(H,15,16);1H. The molecule has 0 atom stereocenters. The molecule has 0 aliphatic rings. The smallest absolute Gasteiger partial charge is 0.234 e. The molecule has 3 nitrogen and oxygen atoms in total. The molecule has 0 aromatic heterocycles. The van der Waals surface area contributed by atoms with E-state index in [1.165, 1.54) is 5.56 Å². The number of aryl methyl sites for hydroxylation is 1. The van der Waals surface area contributed by atoms with Crippen LogP contribution in [0.25, 0.3) is 0 Å². The van der Waals surface area contributed by atoms with E-state index in [1.807, 2.05) is 26.0 Å². The SMILES string of the molecule is CNCC(=O)NC(C)(C)c1cccc(C)c1.Cl. The molecule has 1 aromatic rings. The fraction of sp³-hybridized carbons (Fsp3) is 0.462. The Kier molecular flexibility index (Phi) is 6.21. The van der Waals surface area contributed by atoms with Gasteiger partial charge in [-0.25, -0.2) is 0 Å². The van der Waals surface area contributed by atoms with Crippen molar-refractivity contribution in [3.63, 3.8) is 0 Å². The fourth-order valence-electron chi connectivity index (χ4n) is 1.66. The molecule has 0 fully saturated rings. The highest BCUT2D eigenvalue weighted by molar-refractivity contribution is 5.85. The third-order valence-electron chi connectivity index (χ3n) is 2.53. The first kappa shape index (κ1) is 15.9. The number of carbonyl (C=O) groups is 1. The molecule has 0 unspecified atom stereocenters. The van der Waals surface area contributed by atoms with Crippen LogP contribution in [-0.4, -0.2) is 19.5 Å². The molecular weight excluding hydrogens is 236 g/mol. The molecule has 1 amide bonds. The van der Waals surface area contributed by atoms with Crippen LogP contribution in [0.3, 0.4) is 0 Å². The normalized spacial score (nSPS) is 10.6. The summed E-state index contributed by atoms with van der Waals surface area (Å²) in [6, 6.07) is 8.19. The molecule has 4 heteroatoms. The summed E-state index contributed by atoms with van der Waals surface area (Å²) in [5.41, 5.74) is 1.99. The average molecular weight is 257 g/mol.